The summed E-state index contributed by atoms with van der Waals surface area (Å²) in [6.45, 7) is 111. The Labute approximate surface area is 886 Å². The minimum atomic E-state index is -2.65. The van der Waals surface area contributed by atoms with E-state index < -0.39 is 9.84 Å². The lowest BCUT2D eigenvalue weighted by Gasteiger charge is -2.48. The van der Waals surface area contributed by atoms with Crippen LogP contribution in [0.15, 0.2) is 0 Å². The molecule has 140 heavy (non-hydrogen) atoms. The third-order valence-electron chi connectivity index (χ3n) is 23.8. The van der Waals surface area contributed by atoms with E-state index in [0.29, 0.717) is 48.7 Å². The smallest absolute Gasteiger partial charge is 0.234 e. The van der Waals surface area contributed by atoms with Crippen molar-refractivity contribution < 1.29 is 41.6 Å². The number of piperazine rings is 2. The van der Waals surface area contributed by atoms with Crippen LogP contribution < -0.4 is 58.5 Å². The summed E-state index contributed by atoms with van der Waals surface area (Å²) in [6, 6.07) is 0.699. The van der Waals surface area contributed by atoms with E-state index in [-0.39, 0.29) is 50.5 Å². The molecule has 0 radical (unpaired) electrons. The van der Waals surface area contributed by atoms with Crippen molar-refractivity contribution in [2.24, 2.45) is 88.3 Å². The normalized spacial score (nSPS) is 19.8. The van der Waals surface area contributed by atoms with Crippen LogP contribution in [0.3, 0.4) is 0 Å². The number of nitrogens with one attached hydrogen (secondary N) is 11. The van der Waals surface area contributed by atoms with E-state index in [1.165, 1.54) is 219 Å². The standard InChI is InChI=1S/C6H11NO.2C5H9NO.C5H11N.C5H10O.12C5H12.C4H8N2O.C4H10N2.C4H9NO2S.C4H9NO.C4H9N.C4H8O.C3H6.6CH4/c1-5-3-8-4-6(5)2-7-1;1-5(2-6-1)3-7-4-5;1-4-3-7-5(1)2-6-4;2*1-2-4-6-5-3-1;12*1-4-5(2)3;7-4-3-5-1-2-6-4;1-2-6-4-3-5-1;6-8(7)3-1-5-2-4-8;1-3-6-4-2-5-1;2*1-2-4-5-3-1;1-2-3-1;;;;;;/h5-7H,1-4H2;6H,1-4H2;4-6H,1-3H2;6H,1-5H2;1-5H2;12*5H,4H2,1-3H3;5H,1-3H2,(H,6,7);5-6H,1-4H2;5H,1-4H2;5H,1-4H2;5H,1-4H2;1-4H2;1-3H2;6*1H4. The second-order valence-electron chi connectivity index (χ2n) is 42.8. The highest BCUT2D eigenvalue weighted by atomic mass is 32.2. The quantitative estimate of drug-likeness (QED) is 0.0871. The predicted molar refractivity (Wildman–Crippen MR) is 639 cm³/mol. The Hall–Kier alpha value is -1.22. The van der Waals surface area contributed by atoms with E-state index in [0.717, 1.165) is 214 Å². The minimum absolute atomic E-state index is 0. The molecule has 11 N–H and O–H groups in total. The van der Waals surface area contributed by atoms with Crippen LogP contribution in [0.5, 0.6) is 0 Å². The van der Waals surface area contributed by atoms with Crippen LogP contribution in [0.1, 0.15) is 461 Å². The van der Waals surface area contributed by atoms with E-state index in [2.05, 4.69) is 308 Å². The van der Waals surface area contributed by atoms with E-state index >= 15 is 0 Å². The van der Waals surface area contributed by atoms with Crippen molar-refractivity contribution in [1.29, 1.82) is 0 Å². The third kappa shape index (κ3) is 170. The number of carbonyl (C=O) groups excluding carboxylic acids is 1. The van der Waals surface area contributed by atoms with Crippen LogP contribution in [0, 0.1) is 88.3 Å². The van der Waals surface area contributed by atoms with Crippen molar-refractivity contribution >= 4 is 15.7 Å². The van der Waals surface area contributed by atoms with Crippen LogP contribution in [0.25, 0.3) is 0 Å². The van der Waals surface area contributed by atoms with Gasteiger partial charge >= 0.3 is 0 Å². The molecule has 1 spiro atoms. The van der Waals surface area contributed by atoms with Gasteiger partial charge in [0.1, 0.15) is 0 Å². The van der Waals surface area contributed by atoms with Gasteiger partial charge in [0.15, 0.2) is 9.84 Å². The molecule has 0 aromatic heterocycles. The molecule has 15 aliphatic rings. The largest absolute Gasteiger partial charge is 0.381 e. The zero-order valence-electron chi connectivity index (χ0n) is 97.5. The van der Waals surface area contributed by atoms with Gasteiger partial charge in [-0.15, -0.1) is 0 Å². The van der Waals surface area contributed by atoms with Crippen molar-refractivity contribution in [2.75, 3.05) is 215 Å². The van der Waals surface area contributed by atoms with Crippen molar-refractivity contribution in [1.82, 2.24) is 58.5 Å². The Kier molecular flexibility index (Phi) is 167. The van der Waals surface area contributed by atoms with Gasteiger partial charge in [-0.2, -0.15) is 0 Å². The molecule has 0 aromatic carbocycles. The van der Waals surface area contributed by atoms with Gasteiger partial charge in [0.2, 0.25) is 5.91 Å². The lowest BCUT2D eigenvalue weighted by molar-refractivity contribution is -0.139. The van der Waals surface area contributed by atoms with Crippen LogP contribution >= 0.6 is 0 Å². The molecule has 21 heteroatoms. The molecule has 14 aliphatic heterocycles. The summed E-state index contributed by atoms with van der Waals surface area (Å²) < 4.78 is 51.8. The van der Waals surface area contributed by atoms with E-state index in [1.807, 2.05) is 0 Å². The Morgan fingerprint density at radius 2 is 0.536 bits per heavy atom. The number of sulfone groups is 1. The van der Waals surface area contributed by atoms with Gasteiger partial charge in [-0.1, -0.05) is 397 Å². The second kappa shape index (κ2) is 136. The number of rotatable bonds is 12. The van der Waals surface area contributed by atoms with Gasteiger partial charge in [0, 0.05) is 148 Å². The average Bonchev–Trinajstić information content (AvgIpc) is 1.08. The number of amides is 1. The summed E-state index contributed by atoms with van der Waals surface area (Å²) >= 11 is 0. The highest BCUT2D eigenvalue weighted by molar-refractivity contribution is 7.91. The molecule has 0 aromatic rings. The molecule has 1 saturated carbocycles. The zero-order chi connectivity index (χ0) is 104. The summed E-state index contributed by atoms with van der Waals surface area (Å²) in [5.74, 6) is 13.0. The fourth-order valence-electron chi connectivity index (χ4n) is 8.89. The molecule has 1 aliphatic carbocycles. The van der Waals surface area contributed by atoms with Crippen LogP contribution in [0.2, 0.25) is 0 Å². The maximum absolute atomic E-state index is 10.6. The van der Waals surface area contributed by atoms with Crippen molar-refractivity contribution in [3.63, 3.8) is 0 Å². The number of ether oxygens (including phenoxy) is 6. The summed E-state index contributed by atoms with van der Waals surface area (Å²) in [5.41, 5.74) is 0.611. The number of hydrogen-bond donors (Lipinski definition) is 11. The maximum Gasteiger partial charge on any atom is 0.234 e. The summed E-state index contributed by atoms with van der Waals surface area (Å²) in [5, 5.41) is 34.6. The number of morpholine rings is 2. The Morgan fingerprint density at radius 3 is 0.650 bits per heavy atom. The van der Waals surface area contributed by atoms with Crippen LogP contribution in [0.4, 0.5) is 0 Å². The summed E-state index contributed by atoms with van der Waals surface area (Å²) in [4.78, 5) is 10.3. The molecule has 4 unspecified atom stereocenters. The Morgan fingerprint density at radius 1 is 0.279 bits per heavy atom. The highest BCUT2D eigenvalue weighted by Gasteiger charge is 2.43. The van der Waals surface area contributed by atoms with E-state index in [4.69, 9.17) is 28.4 Å². The van der Waals surface area contributed by atoms with Gasteiger partial charge in [0.25, 0.3) is 0 Å². The number of fused-ring (bicyclic) bond motifs is 3. The summed E-state index contributed by atoms with van der Waals surface area (Å²) in [6.07, 6.45) is 35.5. The molecule has 15 fully saturated rings. The molecule has 2 bridgehead atoms. The minimum Gasteiger partial charge on any atom is -0.381 e. The first-order chi connectivity index (χ1) is 63.7. The molecule has 1 amide bonds. The number of hydrogen-bond acceptors (Lipinski definition) is 19. The lowest BCUT2D eigenvalue weighted by atomic mass is 9.80. The Balaban J connectivity index is -0.0000000896. The average molecular weight is 2040 g/mol. The fourth-order valence-corrected chi connectivity index (χ4v) is 10.0. The van der Waals surface area contributed by atoms with Gasteiger partial charge < -0.3 is 86.9 Å². The first-order valence-corrected chi connectivity index (χ1v) is 58.6. The maximum atomic E-state index is 10.6. The van der Waals surface area contributed by atoms with E-state index in [9.17, 15) is 13.2 Å². The topological polar surface area (TPSA) is 239 Å². The predicted octanol–water partition coefficient (Wildman–Crippen LogP) is 28.4. The van der Waals surface area contributed by atoms with Gasteiger partial charge in [-0.3, -0.25) is 4.79 Å². The van der Waals surface area contributed by atoms with Crippen LogP contribution in [-0.2, 0) is 43.1 Å². The molecule has 14 saturated heterocycles. The molecular weight excluding hydrogens is 1760 g/mol. The van der Waals surface area contributed by atoms with Crippen molar-refractivity contribution in [2.45, 2.75) is 473 Å². The van der Waals surface area contributed by atoms with Gasteiger partial charge in [0.05, 0.1) is 70.4 Å². The van der Waals surface area contributed by atoms with Gasteiger partial charge in [-0.25, -0.2) is 8.42 Å². The molecule has 15 rings (SSSR count). The summed E-state index contributed by atoms with van der Waals surface area (Å²) in [7, 11) is -2.65. The SMILES string of the molecule is C.C.C.C.C.C.C1CC1.C1CCNC1.C1CCNCC1.C1CCOC1.C1CCOCC1.C1CNCCN1.C1COCCN1.C1NCC12COC2.C1NCC2COCC12.C1OC2CNC1C2.CCC(C)C.CCC(C)C.CCC(C)C.CCC(C)C.CCC(C)C.CCC(C)C.CCC(C)C.CCC(C)C.CCC(C)C.CCC(C)C.CCC(C)C.CCC(C)C.O=C1CNCCN1.O=S1(=O)CCNCC1. The van der Waals surface area contributed by atoms with Crippen molar-refractivity contribution in [3.8, 4) is 0 Å². The first-order valence-electron chi connectivity index (χ1n) is 56.7. The molecular formula is C119H277N11O9S. The first kappa shape index (κ1) is 172. The fraction of sp³-hybridized carbons (Fsp3) is 0.992. The molecule has 20 nitrogen and oxygen atoms in total. The molecule has 868 valence electrons. The lowest BCUT2D eigenvalue weighted by Crippen LogP contribution is -2.64. The van der Waals surface area contributed by atoms with Crippen LogP contribution in [-0.4, -0.2) is 242 Å². The van der Waals surface area contributed by atoms with E-state index in [1.54, 1.807) is 0 Å². The van der Waals surface area contributed by atoms with Gasteiger partial charge in [-0.05, 0) is 161 Å². The molecule has 4 atom stereocenters. The monoisotopic (exact) mass is 2040 g/mol. The number of carbonyl (C=O) groups is 1. The van der Waals surface area contributed by atoms with Crippen molar-refractivity contribution in [3.05, 3.63) is 0 Å². The second-order valence-corrected chi connectivity index (χ2v) is 45.1. The number of piperidine rings is 1. The zero-order valence-corrected chi connectivity index (χ0v) is 98.4. The highest BCUT2D eigenvalue weighted by Crippen LogP contribution is 2.30. The molecule has 14 heterocycles. The Bertz CT molecular complexity index is 1840. The third-order valence-corrected chi connectivity index (χ3v) is 25.4.